The highest BCUT2D eigenvalue weighted by Crippen LogP contribution is 2.17. The highest BCUT2D eigenvalue weighted by Gasteiger charge is 2.19. The van der Waals surface area contributed by atoms with Crippen LogP contribution in [0.25, 0.3) is 0 Å². The predicted octanol–water partition coefficient (Wildman–Crippen LogP) is 1.12. The van der Waals surface area contributed by atoms with Crippen LogP contribution in [0, 0.1) is 0 Å². The standard InChI is InChI=1S/C17H25N3O4S/c1-20(2)25(23,24)15-10-6-7-13(11-15)17(22)18-12-16(21)19-14-8-4-3-5-9-14/h6-7,10-11,14H,3-5,8-9,12H2,1-2H3,(H,18,22)(H,19,21). The molecule has 1 aliphatic carbocycles. The molecule has 2 amide bonds. The number of amides is 2. The lowest BCUT2D eigenvalue weighted by Gasteiger charge is -2.22. The first kappa shape index (κ1) is 19.4. The van der Waals surface area contributed by atoms with Crippen molar-refractivity contribution in [3.8, 4) is 0 Å². The lowest BCUT2D eigenvalue weighted by Crippen LogP contribution is -2.42. The summed E-state index contributed by atoms with van der Waals surface area (Å²) in [5.74, 6) is -0.702. The third kappa shape index (κ3) is 5.27. The topological polar surface area (TPSA) is 95.6 Å². The zero-order valence-electron chi connectivity index (χ0n) is 14.6. The van der Waals surface area contributed by atoms with E-state index in [9.17, 15) is 18.0 Å². The summed E-state index contributed by atoms with van der Waals surface area (Å²) in [7, 11) is -0.753. The van der Waals surface area contributed by atoms with Crippen LogP contribution in [-0.4, -0.2) is 51.2 Å². The Hall–Kier alpha value is -1.93. The van der Waals surface area contributed by atoms with Gasteiger partial charge in [-0.2, -0.15) is 0 Å². The van der Waals surface area contributed by atoms with E-state index < -0.39 is 15.9 Å². The number of sulfonamides is 1. The number of hydrogen-bond donors (Lipinski definition) is 2. The molecule has 2 rings (SSSR count). The number of carbonyl (C=O) groups is 2. The Labute approximate surface area is 148 Å². The average molecular weight is 367 g/mol. The molecule has 1 aliphatic rings. The number of nitrogens with zero attached hydrogens (tertiary/aromatic N) is 1. The molecule has 1 aromatic rings. The number of benzene rings is 1. The van der Waals surface area contributed by atoms with Gasteiger partial charge in [-0.1, -0.05) is 25.3 Å². The lowest BCUT2D eigenvalue weighted by molar-refractivity contribution is -0.121. The molecule has 7 nitrogen and oxygen atoms in total. The van der Waals surface area contributed by atoms with E-state index in [1.165, 1.54) is 44.8 Å². The van der Waals surface area contributed by atoms with Gasteiger partial charge in [0.25, 0.3) is 5.91 Å². The molecule has 0 saturated heterocycles. The number of nitrogens with one attached hydrogen (secondary N) is 2. The van der Waals surface area contributed by atoms with E-state index in [4.69, 9.17) is 0 Å². The molecular weight excluding hydrogens is 342 g/mol. The van der Waals surface area contributed by atoms with E-state index >= 15 is 0 Å². The number of carbonyl (C=O) groups excluding carboxylic acids is 2. The predicted molar refractivity (Wildman–Crippen MR) is 94.7 cm³/mol. The van der Waals surface area contributed by atoms with Crippen LogP contribution < -0.4 is 10.6 Å². The van der Waals surface area contributed by atoms with Gasteiger partial charge in [0, 0.05) is 25.7 Å². The van der Waals surface area contributed by atoms with Crippen LogP contribution in [0.2, 0.25) is 0 Å². The van der Waals surface area contributed by atoms with Gasteiger partial charge in [-0.3, -0.25) is 9.59 Å². The highest BCUT2D eigenvalue weighted by molar-refractivity contribution is 7.89. The largest absolute Gasteiger partial charge is 0.352 e. The number of rotatable bonds is 6. The molecular formula is C17H25N3O4S. The first-order chi connectivity index (χ1) is 11.8. The van der Waals surface area contributed by atoms with E-state index in [0.29, 0.717) is 0 Å². The van der Waals surface area contributed by atoms with Crippen LogP contribution in [0.1, 0.15) is 42.5 Å². The Balaban J connectivity index is 1.93. The van der Waals surface area contributed by atoms with Crippen LogP contribution in [0.15, 0.2) is 29.2 Å². The second kappa shape index (κ2) is 8.44. The van der Waals surface area contributed by atoms with E-state index in [-0.39, 0.29) is 29.0 Å². The minimum Gasteiger partial charge on any atom is -0.352 e. The van der Waals surface area contributed by atoms with Crippen molar-refractivity contribution in [2.24, 2.45) is 0 Å². The van der Waals surface area contributed by atoms with Gasteiger partial charge >= 0.3 is 0 Å². The second-order valence-electron chi connectivity index (χ2n) is 6.40. The molecule has 0 aliphatic heterocycles. The molecule has 0 heterocycles. The zero-order valence-corrected chi connectivity index (χ0v) is 15.4. The van der Waals surface area contributed by atoms with Gasteiger partial charge in [-0.15, -0.1) is 0 Å². The molecule has 0 atom stereocenters. The van der Waals surface area contributed by atoms with Crippen molar-refractivity contribution < 1.29 is 18.0 Å². The van der Waals surface area contributed by atoms with E-state index in [1.807, 2.05) is 0 Å². The average Bonchev–Trinajstić information content (AvgIpc) is 2.60. The van der Waals surface area contributed by atoms with Gasteiger partial charge in [0.05, 0.1) is 11.4 Å². The quantitative estimate of drug-likeness (QED) is 0.787. The minimum absolute atomic E-state index is 0.0387. The summed E-state index contributed by atoms with van der Waals surface area (Å²) in [6, 6.07) is 5.95. The van der Waals surface area contributed by atoms with E-state index in [2.05, 4.69) is 10.6 Å². The summed E-state index contributed by atoms with van der Waals surface area (Å²) in [5.41, 5.74) is 0.202. The third-order valence-corrected chi connectivity index (χ3v) is 6.07. The first-order valence-corrected chi connectivity index (χ1v) is 9.85. The summed E-state index contributed by atoms with van der Waals surface area (Å²) < 4.78 is 25.3. The maximum Gasteiger partial charge on any atom is 0.251 e. The molecule has 0 aromatic heterocycles. The van der Waals surface area contributed by atoms with E-state index in [0.717, 1.165) is 30.0 Å². The van der Waals surface area contributed by atoms with Gasteiger partial charge in [0.15, 0.2) is 0 Å². The zero-order chi connectivity index (χ0) is 18.4. The van der Waals surface area contributed by atoms with Crippen LogP contribution >= 0.6 is 0 Å². The van der Waals surface area contributed by atoms with Crippen molar-refractivity contribution in [1.29, 1.82) is 0 Å². The Morgan fingerprint density at radius 1 is 1.16 bits per heavy atom. The normalized spacial score (nSPS) is 15.8. The molecule has 2 N–H and O–H groups in total. The van der Waals surface area contributed by atoms with Crippen LogP contribution in [0.5, 0.6) is 0 Å². The van der Waals surface area contributed by atoms with Gasteiger partial charge in [-0.05, 0) is 31.0 Å². The molecule has 8 heteroatoms. The SMILES string of the molecule is CN(C)S(=O)(=O)c1cccc(C(=O)NCC(=O)NC2CCCCC2)c1. The summed E-state index contributed by atoms with van der Waals surface area (Å²) >= 11 is 0. The molecule has 1 aromatic carbocycles. The molecule has 1 fully saturated rings. The minimum atomic E-state index is -3.61. The van der Waals surface area contributed by atoms with Crippen molar-refractivity contribution >= 4 is 21.8 Å². The second-order valence-corrected chi connectivity index (χ2v) is 8.55. The summed E-state index contributed by atoms with van der Waals surface area (Å²) in [6.45, 7) is -0.125. The summed E-state index contributed by atoms with van der Waals surface area (Å²) in [4.78, 5) is 24.2. The van der Waals surface area contributed by atoms with Crippen molar-refractivity contribution in [2.45, 2.75) is 43.0 Å². The Morgan fingerprint density at radius 3 is 2.48 bits per heavy atom. The molecule has 25 heavy (non-hydrogen) atoms. The molecule has 0 bridgehead atoms. The Kier molecular flexibility index (Phi) is 6.55. The summed E-state index contributed by atoms with van der Waals surface area (Å²) in [5, 5.41) is 5.46. The van der Waals surface area contributed by atoms with Crippen LogP contribution in [0.3, 0.4) is 0 Å². The monoisotopic (exact) mass is 367 g/mol. The molecule has 1 saturated carbocycles. The van der Waals surface area contributed by atoms with Crippen molar-refractivity contribution in [1.82, 2.24) is 14.9 Å². The van der Waals surface area contributed by atoms with Crippen molar-refractivity contribution in [2.75, 3.05) is 20.6 Å². The Bertz CT molecular complexity index is 725. The fourth-order valence-electron chi connectivity index (χ4n) is 2.80. The maximum absolute atomic E-state index is 12.2. The number of hydrogen-bond acceptors (Lipinski definition) is 4. The molecule has 138 valence electrons. The smallest absolute Gasteiger partial charge is 0.251 e. The van der Waals surface area contributed by atoms with Crippen LogP contribution in [0.4, 0.5) is 0 Å². The fraction of sp³-hybridized carbons (Fsp3) is 0.529. The van der Waals surface area contributed by atoms with Crippen molar-refractivity contribution in [3.05, 3.63) is 29.8 Å². The maximum atomic E-state index is 12.2. The van der Waals surface area contributed by atoms with Crippen LogP contribution in [-0.2, 0) is 14.8 Å². The van der Waals surface area contributed by atoms with Gasteiger partial charge < -0.3 is 10.6 Å². The van der Waals surface area contributed by atoms with Gasteiger partial charge in [-0.25, -0.2) is 12.7 Å². The summed E-state index contributed by atoms with van der Waals surface area (Å²) in [6.07, 6.45) is 5.39. The first-order valence-electron chi connectivity index (χ1n) is 8.41. The van der Waals surface area contributed by atoms with E-state index in [1.54, 1.807) is 0 Å². The highest BCUT2D eigenvalue weighted by atomic mass is 32.2. The van der Waals surface area contributed by atoms with Gasteiger partial charge in [0.2, 0.25) is 15.9 Å². The fourth-order valence-corrected chi connectivity index (χ4v) is 3.74. The molecule has 0 unspecified atom stereocenters. The molecule has 0 spiro atoms. The van der Waals surface area contributed by atoms with Crippen molar-refractivity contribution in [3.63, 3.8) is 0 Å². The Morgan fingerprint density at radius 2 is 1.84 bits per heavy atom. The lowest BCUT2D eigenvalue weighted by atomic mass is 9.95. The molecule has 0 radical (unpaired) electrons. The third-order valence-electron chi connectivity index (χ3n) is 4.25. The van der Waals surface area contributed by atoms with Gasteiger partial charge in [0.1, 0.15) is 0 Å².